The van der Waals surface area contributed by atoms with Gasteiger partial charge in [-0.05, 0) is 26.3 Å². The molecule has 0 saturated heterocycles. The first-order chi connectivity index (χ1) is 7.03. The van der Waals surface area contributed by atoms with Crippen molar-refractivity contribution in [1.29, 1.82) is 0 Å². The largest absolute Gasteiger partial charge is 0.353 e. The molecule has 0 radical (unpaired) electrons. The molecule has 1 heterocycles. The van der Waals surface area contributed by atoms with Gasteiger partial charge in [0.05, 0.1) is 6.20 Å². The number of nitrogens with two attached hydrogens (primary N) is 1. The molecule has 4 heteroatoms. The Morgan fingerprint density at radius 1 is 1.47 bits per heavy atom. The quantitative estimate of drug-likeness (QED) is 0.816. The van der Waals surface area contributed by atoms with Gasteiger partial charge in [-0.1, -0.05) is 6.92 Å². The molecular weight excluding hydrogens is 188 g/mol. The van der Waals surface area contributed by atoms with Gasteiger partial charge in [-0.15, -0.1) is 5.10 Å². The fourth-order valence-electron chi connectivity index (χ4n) is 1.32. The Bertz CT molecular complexity index is 322. The van der Waals surface area contributed by atoms with Crippen LogP contribution in [-0.2, 0) is 6.54 Å². The highest BCUT2D eigenvalue weighted by molar-refractivity contribution is 5.46. The van der Waals surface area contributed by atoms with Gasteiger partial charge < -0.3 is 10.6 Å². The van der Waals surface area contributed by atoms with E-state index >= 15 is 0 Å². The van der Waals surface area contributed by atoms with Crippen LogP contribution in [0.2, 0.25) is 0 Å². The van der Waals surface area contributed by atoms with Crippen molar-refractivity contribution in [3.63, 3.8) is 0 Å². The number of nitrogens with zero attached hydrogens (tertiary/aromatic N) is 3. The third kappa shape index (κ3) is 2.45. The van der Waals surface area contributed by atoms with Gasteiger partial charge in [0.25, 0.3) is 0 Å². The monoisotopic (exact) mass is 208 g/mol. The number of aromatic nitrogens is 2. The van der Waals surface area contributed by atoms with E-state index in [1.165, 1.54) is 0 Å². The summed E-state index contributed by atoms with van der Waals surface area (Å²) in [5.41, 5.74) is 6.78. The highest BCUT2D eigenvalue weighted by Crippen LogP contribution is 2.24. The molecule has 1 aromatic heterocycles. The fraction of sp³-hybridized carbons (Fsp3) is 0.636. The number of rotatable bonds is 4. The summed E-state index contributed by atoms with van der Waals surface area (Å²) in [6.07, 6.45) is 2.72. The van der Waals surface area contributed by atoms with Gasteiger partial charge in [-0.2, -0.15) is 5.10 Å². The van der Waals surface area contributed by atoms with Gasteiger partial charge >= 0.3 is 0 Å². The first-order valence-electron chi connectivity index (χ1n) is 5.27. The average molecular weight is 208 g/mol. The molecule has 0 spiro atoms. The summed E-state index contributed by atoms with van der Waals surface area (Å²) < 4.78 is 0. The van der Waals surface area contributed by atoms with Crippen LogP contribution in [0.1, 0.15) is 32.8 Å². The first kappa shape index (κ1) is 11.9. The maximum Gasteiger partial charge on any atom is 0.155 e. The minimum absolute atomic E-state index is 0.0694. The number of anilines is 1. The van der Waals surface area contributed by atoms with Crippen LogP contribution >= 0.6 is 0 Å². The third-order valence-electron chi connectivity index (χ3n) is 3.09. The van der Waals surface area contributed by atoms with Gasteiger partial charge in [0, 0.05) is 24.7 Å². The van der Waals surface area contributed by atoms with Gasteiger partial charge in [0.2, 0.25) is 0 Å². The van der Waals surface area contributed by atoms with Gasteiger partial charge in [0.15, 0.2) is 5.82 Å². The highest BCUT2D eigenvalue weighted by atomic mass is 15.3. The SMILES string of the molecule is CCC(C)(C)N(C)c1nnccc1CN. The summed E-state index contributed by atoms with van der Waals surface area (Å²) in [6.45, 7) is 7.02. The Morgan fingerprint density at radius 3 is 2.67 bits per heavy atom. The Labute approximate surface area is 91.5 Å². The van der Waals surface area contributed by atoms with Crippen LogP contribution in [-0.4, -0.2) is 22.8 Å². The average Bonchev–Trinajstić information content (AvgIpc) is 2.28. The molecular formula is C11H20N4. The lowest BCUT2D eigenvalue weighted by atomic mass is 9.99. The van der Waals surface area contributed by atoms with Gasteiger partial charge in [-0.25, -0.2) is 0 Å². The molecule has 0 fully saturated rings. The molecule has 0 unspecified atom stereocenters. The van der Waals surface area contributed by atoms with Crippen molar-refractivity contribution in [3.8, 4) is 0 Å². The minimum Gasteiger partial charge on any atom is -0.353 e. The van der Waals surface area contributed by atoms with Crippen molar-refractivity contribution >= 4 is 5.82 Å². The van der Waals surface area contributed by atoms with E-state index in [9.17, 15) is 0 Å². The lowest BCUT2D eigenvalue weighted by molar-refractivity contribution is 0.464. The molecule has 1 aromatic rings. The van der Waals surface area contributed by atoms with E-state index < -0.39 is 0 Å². The summed E-state index contributed by atoms with van der Waals surface area (Å²) in [5, 5.41) is 8.07. The van der Waals surface area contributed by atoms with E-state index in [0.29, 0.717) is 6.54 Å². The molecule has 0 aliphatic heterocycles. The van der Waals surface area contributed by atoms with Crippen LogP contribution in [0, 0.1) is 0 Å². The molecule has 4 nitrogen and oxygen atoms in total. The maximum absolute atomic E-state index is 5.68. The molecule has 0 saturated carbocycles. The molecule has 84 valence electrons. The van der Waals surface area contributed by atoms with Crippen molar-refractivity contribution in [2.24, 2.45) is 5.73 Å². The Balaban J connectivity index is 3.05. The molecule has 1 rings (SSSR count). The van der Waals surface area contributed by atoms with Crippen LogP contribution in [0.25, 0.3) is 0 Å². The van der Waals surface area contributed by atoms with Crippen LogP contribution in [0.3, 0.4) is 0 Å². The highest BCUT2D eigenvalue weighted by Gasteiger charge is 2.24. The maximum atomic E-state index is 5.68. The summed E-state index contributed by atoms with van der Waals surface area (Å²) in [7, 11) is 2.03. The summed E-state index contributed by atoms with van der Waals surface area (Å²) in [5.74, 6) is 0.881. The smallest absolute Gasteiger partial charge is 0.155 e. The zero-order valence-corrected chi connectivity index (χ0v) is 9.99. The zero-order chi connectivity index (χ0) is 11.5. The van der Waals surface area contributed by atoms with Crippen molar-refractivity contribution in [2.45, 2.75) is 39.3 Å². The normalized spacial score (nSPS) is 11.5. The minimum atomic E-state index is 0.0694. The molecule has 2 N–H and O–H groups in total. The van der Waals surface area contributed by atoms with E-state index in [4.69, 9.17) is 5.73 Å². The van der Waals surface area contributed by atoms with E-state index in [1.807, 2.05) is 13.1 Å². The molecule has 15 heavy (non-hydrogen) atoms. The third-order valence-corrected chi connectivity index (χ3v) is 3.09. The second-order valence-corrected chi connectivity index (χ2v) is 4.31. The van der Waals surface area contributed by atoms with Crippen molar-refractivity contribution in [1.82, 2.24) is 10.2 Å². The topological polar surface area (TPSA) is 55.0 Å². The van der Waals surface area contributed by atoms with Crippen LogP contribution < -0.4 is 10.6 Å². The lowest BCUT2D eigenvalue weighted by Crippen LogP contribution is -2.41. The van der Waals surface area contributed by atoms with Crippen LogP contribution in [0.5, 0.6) is 0 Å². The Hall–Kier alpha value is -1.16. The summed E-state index contributed by atoms with van der Waals surface area (Å²) in [6, 6.07) is 1.92. The fourth-order valence-corrected chi connectivity index (χ4v) is 1.32. The van der Waals surface area contributed by atoms with E-state index in [0.717, 1.165) is 17.8 Å². The first-order valence-corrected chi connectivity index (χ1v) is 5.27. The second-order valence-electron chi connectivity index (χ2n) is 4.31. The van der Waals surface area contributed by atoms with Crippen LogP contribution in [0.4, 0.5) is 5.82 Å². The van der Waals surface area contributed by atoms with E-state index in [-0.39, 0.29) is 5.54 Å². The molecule has 0 aromatic carbocycles. The standard InChI is InChI=1S/C11H20N4/c1-5-11(2,3)15(4)10-9(8-12)6-7-13-14-10/h6-7H,5,8,12H2,1-4H3. The number of hydrogen-bond acceptors (Lipinski definition) is 4. The molecule has 0 aliphatic rings. The predicted molar refractivity (Wildman–Crippen MR) is 62.7 cm³/mol. The van der Waals surface area contributed by atoms with E-state index in [2.05, 4.69) is 35.9 Å². The van der Waals surface area contributed by atoms with E-state index in [1.54, 1.807) is 6.20 Å². The zero-order valence-electron chi connectivity index (χ0n) is 9.99. The summed E-state index contributed by atoms with van der Waals surface area (Å²) in [4.78, 5) is 2.14. The Kier molecular flexibility index (Phi) is 3.63. The lowest BCUT2D eigenvalue weighted by Gasteiger charge is -2.36. The molecule has 0 aliphatic carbocycles. The molecule has 0 bridgehead atoms. The van der Waals surface area contributed by atoms with Gasteiger partial charge in [-0.3, -0.25) is 0 Å². The molecule has 0 amide bonds. The second kappa shape index (κ2) is 4.57. The molecule has 0 atom stereocenters. The van der Waals surface area contributed by atoms with Crippen molar-refractivity contribution in [2.75, 3.05) is 11.9 Å². The summed E-state index contributed by atoms with van der Waals surface area (Å²) >= 11 is 0. The van der Waals surface area contributed by atoms with Crippen LogP contribution in [0.15, 0.2) is 12.3 Å². The predicted octanol–water partition coefficient (Wildman–Crippen LogP) is 1.56. The Morgan fingerprint density at radius 2 is 2.13 bits per heavy atom. The van der Waals surface area contributed by atoms with Crippen molar-refractivity contribution < 1.29 is 0 Å². The van der Waals surface area contributed by atoms with Gasteiger partial charge in [0.1, 0.15) is 0 Å². The number of hydrogen-bond donors (Lipinski definition) is 1. The van der Waals surface area contributed by atoms with Crippen molar-refractivity contribution in [3.05, 3.63) is 17.8 Å².